The zero-order valence-electron chi connectivity index (χ0n) is 9.13. The Morgan fingerprint density at radius 3 is 3.12 bits per heavy atom. The number of rotatable bonds is 2. The third kappa shape index (κ3) is 2.65. The van der Waals surface area contributed by atoms with Crippen LogP contribution in [0.2, 0.25) is 0 Å². The van der Waals surface area contributed by atoms with E-state index in [4.69, 9.17) is 4.42 Å². The van der Waals surface area contributed by atoms with Crippen molar-refractivity contribution in [2.75, 3.05) is 6.54 Å². The lowest BCUT2D eigenvalue weighted by Crippen LogP contribution is -2.46. The van der Waals surface area contributed by atoms with Crippen LogP contribution in [0.25, 0.3) is 0 Å². The van der Waals surface area contributed by atoms with Gasteiger partial charge in [-0.1, -0.05) is 0 Å². The molecule has 0 saturated carbocycles. The first-order valence-corrected chi connectivity index (χ1v) is 6.23. The van der Waals surface area contributed by atoms with Crippen LogP contribution < -0.4 is 10.6 Å². The predicted octanol–water partition coefficient (Wildman–Crippen LogP) is 1.91. The summed E-state index contributed by atoms with van der Waals surface area (Å²) in [7, 11) is 0. The minimum atomic E-state index is -0.0697. The highest BCUT2D eigenvalue weighted by atomic mass is 79.9. The van der Waals surface area contributed by atoms with Gasteiger partial charge in [0.25, 0.3) is 5.91 Å². The van der Waals surface area contributed by atoms with Crippen molar-refractivity contribution in [1.29, 1.82) is 0 Å². The van der Waals surface area contributed by atoms with Gasteiger partial charge < -0.3 is 15.1 Å². The van der Waals surface area contributed by atoms with Gasteiger partial charge in [0.1, 0.15) is 0 Å². The zero-order valence-corrected chi connectivity index (χ0v) is 10.7. The van der Waals surface area contributed by atoms with Crippen molar-refractivity contribution in [3.63, 3.8) is 0 Å². The third-order valence-electron chi connectivity index (χ3n) is 2.82. The van der Waals surface area contributed by atoms with Crippen LogP contribution in [0.1, 0.15) is 30.1 Å². The molecule has 5 heteroatoms. The first-order chi connectivity index (χ1) is 7.66. The van der Waals surface area contributed by atoms with Crippen molar-refractivity contribution in [2.45, 2.75) is 31.8 Å². The highest BCUT2D eigenvalue weighted by molar-refractivity contribution is 9.10. The molecular weight excluding hydrogens is 272 g/mol. The maximum absolute atomic E-state index is 11.9. The molecule has 1 aromatic rings. The van der Waals surface area contributed by atoms with E-state index in [2.05, 4.69) is 33.5 Å². The summed E-state index contributed by atoms with van der Waals surface area (Å²) in [6.45, 7) is 3.09. The van der Waals surface area contributed by atoms with E-state index >= 15 is 0 Å². The molecule has 0 aliphatic carbocycles. The average molecular weight is 287 g/mol. The number of carbonyl (C=O) groups excluding carboxylic acids is 1. The molecular formula is C11H15BrN2O2. The highest BCUT2D eigenvalue weighted by Gasteiger charge is 2.21. The molecule has 0 aromatic carbocycles. The number of hydrogen-bond acceptors (Lipinski definition) is 3. The standard InChI is InChI=1S/C11H15BrN2O2/c1-7-6-8(2-4-13-7)14-11(15)9-3-5-16-10(9)12/h3,5,7-8,13H,2,4,6H2,1H3,(H,14,15). The number of amides is 1. The molecule has 88 valence electrons. The monoisotopic (exact) mass is 286 g/mol. The minimum Gasteiger partial charge on any atom is -0.457 e. The lowest BCUT2D eigenvalue weighted by Gasteiger charge is -2.28. The van der Waals surface area contributed by atoms with Gasteiger partial charge in [0.15, 0.2) is 4.67 Å². The van der Waals surface area contributed by atoms with Gasteiger partial charge in [-0.3, -0.25) is 4.79 Å². The SMILES string of the molecule is CC1CC(NC(=O)c2ccoc2Br)CCN1. The number of nitrogens with one attached hydrogen (secondary N) is 2. The van der Waals surface area contributed by atoms with Crippen LogP contribution in [0.4, 0.5) is 0 Å². The lowest BCUT2D eigenvalue weighted by atomic mass is 10.0. The van der Waals surface area contributed by atoms with Crippen molar-refractivity contribution in [2.24, 2.45) is 0 Å². The van der Waals surface area contributed by atoms with Crippen LogP contribution in [-0.2, 0) is 0 Å². The summed E-state index contributed by atoms with van der Waals surface area (Å²) in [5.74, 6) is -0.0697. The molecule has 2 atom stereocenters. The second-order valence-corrected chi connectivity index (χ2v) is 4.88. The molecule has 0 spiro atoms. The molecule has 16 heavy (non-hydrogen) atoms. The van der Waals surface area contributed by atoms with Crippen LogP contribution in [0.5, 0.6) is 0 Å². The molecule has 0 radical (unpaired) electrons. The van der Waals surface area contributed by atoms with E-state index in [1.54, 1.807) is 6.07 Å². The molecule has 1 fully saturated rings. The molecule has 1 aromatic heterocycles. The predicted molar refractivity (Wildman–Crippen MR) is 64.4 cm³/mol. The summed E-state index contributed by atoms with van der Waals surface area (Å²) in [4.78, 5) is 11.9. The van der Waals surface area contributed by atoms with E-state index in [1.165, 1.54) is 6.26 Å². The number of carbonyl (C=O) groups is 1. The molecule has 1 saturated heterocycles. The second kappa shape index (κ2) is 5.01. The van der Waals surface area contributed by atoms with Crippen LogP contribution in [0, 0.1) is 0 Å². The normalized spacial score (nSPS) is 25.4. The van der Waals surface area contributed by atoms with Gasteiger partial charge in [0.2, 0.25) is 0 Å². The van der Waals surface area contributed by atoms with Crippen LogP contribution in [0.15, 0.2) is 21.4 Å². The van der Waals surface area contributed by atoms with Crippen LogP contribution >= 0.6 is 15.9 Å². The van der Waals surface area contributed by atoms with E-state index in [0.29, 0.717) is 16.3 Å². The number of furan rings is 1. The quantitative estimate of drug-likeness (QED) is 0.873. The molecule has 2 N–H and O–H groups in total. The number of halogens is 1. The van der Waals surface area contributed by atoms with Crippen molar-refractivity contribution < 1.29 is 9.21 Å². The largest absolute Gasteiger partial charge is 0.457 e. The van der Waals surface area contributed by atoms with Gasteiger partial charge >= 0.3 is 0 Å². The fourth-order valence-corrected chi connectivity index (χ4v) is 2.40. The summed E-state index contributed by atoms with van der Waals surface area (Å²) in [5, 5.41) is 6.38. The molecule has 1 aliphatic heterocycles. The van der Waals surface area contributed by atoms with Crippen molar-refractivity contribution in [1.82, 2.24) is 10.6 Å². The molecule has 4 nitrogen and oxygen atoms in total. The Labute approximate surface area is 103 Å². The van der Waals surface area contributed by atoms with Crippen molar-refractivity contribution in [3.05, 3.63) is 22.6 Å². The van der Waals surface area contributed by atoms with E-state index in [1.807, 2.05) is 0 Å². The number of hydrogen-bond donors (Lipinski definition) is 2. The number of piperidine rings is 1. The summed E-state index contributed by atoms with van der Waals surface area (Å²) in [5.41, 5.74) is 0.561. The van der Waals surface area contributed by atoms with E-state index in [0.717, 1.165) is 19.4 Å². The fraction of sp³-hybridized carbons (Fsp3) is 0.545. The molecule has 2 rings (SSSR count). The molecule has 2 unspecified atom stereocenters. The maximum atomic E-state index is 11.9. The highest BCUT2D eigenvalue weighted by Crippen LogP contribution is 2.18. The second-order valence-electron chi connectivity index (χ2n) is 4.16. The Balaban J connectivity index is 1.95. The van der Waals surface area contributed by atoms with Gasteiger partial charge in [-0.25, -0.2) is 0 Å². The van der Waals surface area contributed by atoms with E-state index in [-0.39, 0.29) is 11.9 Å². The fourth-order valence-electron chi connectivity index (χ4n) is 1.98. The summed E-state index contributed by atoms with van der Waals surface area (Å²) < 4.78 is 5.53. The van der Waals surface area contributed by atoms with Crippen LogP contribution in [-0.4, -0.2) is 24.5 Å². The van der Waals surface area contributed by atoms with E-state index < -0.39 is 0 Å². The summed E-state index contributed by atoms with van der Waals surface area (Å²) >= 11 is 3.20. The Kier molecular flexibility index (Phi) is 3.66. The van der Waals surface area contributed by atoms with E-state index in [9.17, 15) is 4.79 Å². The molecule has 2 heterocycles. The van der Waals surface area contributed by atoms with Gasteiger partial charge in [0, 0.05) is 12.1 Å². The van der Waals surface area contributed by atoms with Gasteiger partial charge in [-0.2, -0.15) is 0 Å². The van der Waals surface area contributed by atoms with Gasteiger partial charge in [-0.15, -0.1) is 0 Å². The maximum Gasteiger partial charge on any atom is 0.255 e. The van der Waals surface area contributed by atoms with Crippen molar-refractivity contribution in [3.8, 4) is 0 Å². The van der Waals surface area contributed by atoms with Crippen molar-refractivity contribution >= 4 is 21.8 Å². The molecule has 0 bridgehead atoms. The van der Waals surface area contributed by atoms with Gasteiger partial charge in [-0.05, 0) is 48.3 Å². The molecule has 1 amide bonds. The Hall–Kier alpha value is -0.810. The topological polar surface area (TPSA) is 54.3 Å². The lowest BCUT2D eigenvalue weighted by molar-refractivity contribution is 0.0924. The first kappa shape index (κ1) is 11.7. The third-order valence-corrected chi connectivity index (χ3v) is 3.44. The Morgan fingerprint density at radius 2 is 2.50 bits per heavy atom. The Bertz CT molecular complexity index is 378. The first-order valence-electron chi connectivity index (χ1n) is 5.44. The molecule has 1 aliphatic rings. The smallest absolute Gasteiger partial charge is 0.255 e. The minimum absolute atomic E-state index is 0.0697. The summed E-state index contributed by atoms with van der Waals surface area (Å²) in [6.07, 6.45) is 3.46. The summed E-state index contributed by atoms with van der Waals surface area (Å²) in [6, 6.07) is 2.39. The van der Waals surface area contributed by atoms with Crippen LogP contribution in [0.3, 0.4) is 0 Å². The Morgan fingerprint density at radius 1 is 1.69 bits per heavy atom. The average Bonchev–Trinajstić information content (AvgIpc) is 2.64. The van der Waals surface area contributed by atoms with Gasteiger partial charge in [0.05, 0.1) is 11.8 Å². The zero-order chi connectivity index (χ0) is 11.5.